The van der Waals surface area contributed by atoms with Crippen LogP contribution in [-0.2, 0) is 0 Å². The van der Waals surface area contributed by atoms with E-state index in [1.807, 2.05) is 24.3 Å². The van der Waals surface area contributed by atoms with Gasteiger partial charge in [0.2, 0.25) is 10.9 Å². The zero-order chi connectivity index (χ0) is 17.4. The fraction of sp³-hybridized carbons (Fsp3) is 0. The first kappa shape index (κ1) is 13.6. The van der Waals surface area contributed by atoms with Gasteiger partial charge in [-0.05, 0) is 24.3 Å². The van der Waals surface area contributed by atoms with Crippen LogP contribution in [0.5, 0.6) is 0 Å². The lowest BCUT2D eigenvalue weighted by atomic mass is 9.85. The molecule has 26 heavy (non-hydrogen) atoms. The maximum Gasteiger partial charge on any atom is 0.201 e. The zero-order valence-electron chi connectivity index (χ0n) is 13.4. The summed E-state index contributed by atoms with van der Waals surface area (Å²) in [6, 6.07) is 18.0. The second kappa shape index (κ2) is 4.49. The van der Waals surface area contributed by atoms with Crippen molar-refractivity contribution in [3.63, 3.8) is 0 Å². The van der Waals surface area contributed by atoms with Crippen molar-refractivity contribution in [1.29, 1.82) is 0 Å². The van der Waals surface area contributed by atoms with Gasteiger partial charge in [-0.15, -0.1) is 0 Å². The lowest BCUT2D eigenvalue weighted by Gasteiger charge is -2.21. The second-order valence-electron chi connectivity index (χ2n) is 6.43. The summed E-state index contributed by atoms with van der Waals surface area (Å²) in [7, 11) is 0. The molecule has 4 nitrogen and oxygen atoms in total. The molecule has 5 aromatic rings. The van der Waals surface area contributed by atoms with Gasteiger partial charge in [0.15, 0.2) is 11.2 Å². The van der Waals surface area contributed by atoms with E-state index in [4.69, 9.17) is 8.83 Å². The van der Waals surface area contributed by atoms with E-state index in [2.05, 4.69) is 0 Å². The van der Waals surface area contributed by atoms with Gasteiger partial charge in [-0.1, -0.05) is 36.4 Å². The van der Waals surface area contributed by atoms with Crippen LogP contribution in [0.4, 0.5) is 0 Å². The molecular formula is C22H10O4. The van der Waals surface area contributed by atoms with E-state index < -0.39 is 0 Å². The molecule has 0 fully saturated rings. The van der Waals surface area contributed by atoms with E-state index in [0.717, 1.165) is 11.1 Å². The summed E-state index contributed by atoms with van der Waals surface area (Å²) in [5.74, 6) is 0.557. The summed E-state index contributed by atoms with van der Waals surface area (Å²) in [6.45, 7) is 0. The number of rotatable bonds is 0. The normalized spacial score (nSPS) is 12.2. The van der Waals surface area contributed by atoms with Crippen molar-refractivity contribution >= 4 is 32.9 Å². The monoisotopic (exact) mass is 338 g/mol. The SMILES string of the molecule is O=c1c2c(oc3c1ccc1c(=O)c4ccccc4oc13)-c1ccccc1-2. The van der Waals surface area contributed by atoms with Gasteiger partial charge in [0.25, 0.3) is 0 Å². The molecule has 0 amide bonds. The molecule has 2 heterocycles. The minimum absolute atomic E-state index is 0.0994. The summed E-state index contributed by atoms with van der Waals surface area (Å²) in [5.41, 5.74) is 3.28. The molecule has 0 unspecified atom stereocenters. The lowest BCUT2D eigenvalue weighted by molar-refractivity contribution is 0.596. The topological polar surface area (TPSA) is 60.4 Å². The Morgan fingerprint density at radius 3 is 2.08 bits per heavy atom. The molecule has 4 heteroatoms. The largest absolute Gasteiger partial charge is 0.452 e. The van der Waals surface area contributed by atoms with Gasteiger partial charge in [-0.2, -0.15) is 0 Å². The van der Waals surface area contributed by atoms with E-state index in [9.17, 15) is 9.59 Å². The number of benzene rings is 3. The molecular weight excluding hydrogens is 328 g/mol. The van der Waals surface area contributed by atoms with Gasteiger partial charge in [0.05, 0.1) is 21.7 Å². The van der Waals surface area contributed by atoms with Gasteiger partial charge in [0, 0.05) is 11.1 Å². The van der Waals surface area contributed by atoms with Gasteiger partial charge in [-0.25, -0.2) is 0 Å². The van der Waals surface area contributed by atoms with Crippen molar-refractivity contribution in [3.8, 4) is 22.5 Å². The summed E-state index contributed by atoms with van der Waals surface area (Å²) in [5, 5.41) is 1.34. The fourth-order valence-corrected chi connectivity index (χ4v) is 3.78. The predicted octanol–water partition coefficient (Wildman–Crippen LogP) is 4.70. The smallest absolute Gasteiger partial charge is 0.201 e. The number of hydrogen-bond acceptors (Lipinski definition) is 4. The zero-order valence-corrected chi connectivity index (χ0v) is 13.4. The van der Waals surface area contributed by atoms with Gasteiger partial charge < -0.3 is 8.83 Å². The Morgan fingerprint density at radius 2 is 1.23 bits per heavy atom. The fourth-order valence-electron chi connectivity index (χ4n) is 3.78. The summed E-state index contributed by atoms with van der Waals surface area (Å²) in [4.78, 5) is 25.8. The van der Waals surface area contributed by atoms with E-state index in [-0.39, 0.29) is 10.9 Å². The van der Waals surface area contributed by atoms with Crippen LogP contribution in [0.25, 0.3) is 55.4 Å². The summed E-state index contributed by atoms with van der Waals surface area (Å²) >= 11 is 0. The third kappa shape index (κ3) is 1.49. The molecule has 122 valence electrons. The predicted molar refractivity (Wildman–Crippen MR) is 100 cm³/mol. The molecule has 0 spiro atoms. The highest BCUT2D eigenvalue weighted by Crippen LogP contribution is 2.46. The van der Waals surface area contributed by atoms with Crippen LogP contribution in [0.15, 0.2) is 79.1 Å². The Balaban J connectivity index is 1.83. The third-order valence-corrected chi connectivity index (χ3v) is 5.04. The first-order chi connectivity index (χ1) is 12.7. The van der Waals surface area contributed by atoms with Crippen LogP contribution in [0.3, 0.4) is 0 Å². The minimum Gasteiger partial charge on any atom is -0.452 e. The molecule has 0 N–H and O–H groups in total. The average molecular weight is 338 g/mol. The van der Waals surface area contributed by atoms with Crippen molar-refractivity contribution in [3.05, 3.63) is 81.1 Å². The van der Waals surface area contributed by atoms with Gasteiger partial charge in [-0.3, -0.25) is 9.59 Å². The van der Waals surface area contributed by atoms with Crippen molar-refractivity contribution < 1.29 is 8.83 Å². The molecule has 0 radical (unpaired) electrons. The Hall–Kier alpha value is -3.66. The van der Waals surface area contributed by atoms with E-state index in [0.29, 0.717) is 44.2 Å². The number of hydrogen-bond donors (Lipinski definition) is 0. The summed E-state index contributed by atoms with van der Waals surface area (Å²) < 4.78 is 12.0. The molecule has 0 atom stereocenters. The molecule has 6 rings (SSSR count). The highest BCUT2D eigenvalue weighted by Gasteiger charge is 2.30. The quantitative estimate of drug-likeness (QED) is 0.297. The molecule has 0 saturated heterocycles. The second-order valence-corrected chi connectivity index (χ2v) is 6.43. The maximum atomic E-state index is 13.0. The van der Waals surface area contributed by atoms with Crippen molar-refractivity contribution in [2.24, 2.45) is 0 Å². The Bertz CT molecular complexity index is 1520. The van der Waals surface area contributed by atoms with Crippen LogP contribution in [0.1, 0.15) is 0 Å². The van der Waals surface area contributed by atoms with Crippen molar-refractivity contribution in [2.45, 2.75) is 0 Å². The highest BCUT2D eigenvalue weighted by molar-refractivity contribution is 6.08. The molecule has 3 aromatic carbocycles. The molecule has 0 bridgehead atoms. The Labute approximate surface area is 145 Å². The Morgan fingerprint density at radius 1 is 0.577 bits per heavy atom. The average Bonchev–Trinajstić information content (AvgIpc) is 2.66. The van der Waals surface area contributed by atoms with Crippen LogP contribution in [0, 0.1) is 0 Å². The van der Waals surface area contributed by atoms with E-state index in [1.165, 1.54) is 0 Å². The molecule has 0 aliphatic heterocycles. The third-order valence-electron chi connectivity index (χ3n) is 5.04. The number of fused-ring (bicyclic) bond motifs is 8. The van der Waals surface area contributed by atoms with Crippen molar-refractivity contribution in [1.82, 2.24) is 0 Å². The van der Waals surface area contributed by atoms with Gasteiger partial charge in [0.1, 0.15) is 11.3 Å². The molecule has 1 aliphatic carbocycles. The van der Waals surface area contributed by atoms with Crippen molar-refractivity contribution in [2.75, 3.05) is 0 Å². The minimum atomic E-state index is -0.130. The van der Waals surface area contributed by atoms with Crippen LogP contribution in [-0.4, -0.2) is 0 Å². The highest BCUT2D eigenvalue weighted by atomic mass is 16.4. The summed E-state index contributed by atoms with van der Waals surface area (Å²) in [6.07, 6.45) is 0. The lowest BCUT2D eigenvalue weighted by Crippen LogP contribution is -2.14. The standard InChI is InChI=1S/C22H10O4/c23-18-13-7-3-4-8-16(13)25-21-14(18)9-10-15-19(24)17-11-5-1-2-6-12(11)20(17)26-22(15)21/h1-10H. The van der Waals surface area contributed by atoms with Crippen LogP contribution >= 0.6 is 0 Å². The first-order valence-corrected chi connectivity index (χ1v) is 8.29. The molecule has 0 saturated carbocycles. The van der Waals surface area contributed by atoms with Gasteiger partial charge >= 0.3 is 0 Å². The molecule has 1 aliphatic rings. The van der Waals surface area contributed by atoms with E-state index in [1.54, 1.807) is 36.4 Å². The van der Waals surface area contributed by atoms with Crippen LogP contribution in [0.2, 0.25) is 0 Å². The molecule has 2 aromatic heterocycles. The first-order valence-electron chi connectivity index (χ1n) is 8.29. The van der Waals surface area contributed by atoms with Crippen LogP contribution < -0.4 is 10.9 Å². The number of para-hydroxylation sites is 1. The maximum absolute atomic E-state index is 13.0. The van der Waals surface area contributed by atoms with E-state index >= 15 is 0 Å². The Kier molecular flexibility index (Phi) is 2.35.